The fourth-order valence-corrected chi connectivity index (χ4v) is 7.84. The average Bonchev–Trinajstić information content (AvgIpc) is 2.93. The van der Waals surface area contributed by atoms with Gasteiger partial charge in [-0.15, -0.1) is 0 Å². The van der Waals surface area contributed by atoms with Crippen molar-refractivity contribution in [3.05, 3.63) is 35.9 Å². The lowest BCUT2D eigenvalue weighted by atomic mass is 9.90. The molecule has 1 aliphatic heterocycles. The van der Waals surface area contributed by atoms with Crippen molar-refractivity contribution in [3.63, 3.8) is 0 Å². The number of rotatable bonds is 13. The topological polar surface area (TPSA) is 54.0 Å². The Morgan fingerprint density at radius 1 is 0.974 bits per heavy atom. The molecule has 1 saturated heterocycles. The van der Waals surface area contributed by atoms with E-state index in [0.29, 0.717) is 26.1 Å². The van der Waals surface area contributed by atoms with E-state index in [4.69, 9.17) is 18.3 Å². The highest BCUT2D eigenvalue weighted by Crippen LogP contribution is 2.45. The molecule has 0 bridgehead atoms. The standard InChI is InChI=1S/C32H58O5Si2/c1-30(2,3)38(8,9)36-28-21-22-32(7,37-39(10,11)31(4,5)6)29(35-27(28)19-15-23-33)20-16-24-34-25-26-17-13-12-14-18-26/h12-14,17-18,23,27-29H,15-16,19-22,24-25H2,1-11H3/t27-,28+,29+,32-/m0/s1. The molecule has 7 heteroatoms. The third-order valence-corrected chi connectivity index (χ3v) is 18.4. The highest BCUT2D eigenvalue weighted by molar-refractivity contribution is 6.74. The second kappa shape index (κ2) is 13.9. The van der Waals surface area contributed by atoms with Crippen LogP contribution >= 0.6 is 0 Å². The number of carbonyl (C=O) groups is 1. The van der Waals surface area contributed by atoms with Crippen molar-refractivity contribution in [1.82, 2.24) is 0 Å². The van der Waals surface area contributed by atoms with Crippen LogP contribution in [0.25, 0.3) is 0 Å². The molecular formula is C32H58O5Si2. The van der Waals surface area contributed by atoms with E-state index in [1.54, 1.807) is 0 Å². The maximum atomic E-state index is 11.4. The number of carbonyl (C=O) groups excluding carboxylic acids is 1. The number of ether oxygens (including phenoxy) is 2. The number of hydrogen-bond donors (Lipinski definition) is 0. The van der Waals surface area contributed by atoms with Gasteiger partial charge in [0.25, 0.3) is 0 Å². The van der Waals surface area contributed by atoms with Crippen LogP contribution in [0.15, 0.2) is 30.3 Å². The van der Waals surface area contributed by atoms with E-state index in [9.17, 15) is 4.79 Å². The molecule has 5 nitrogen and oxygen atoms in total. The first-order valence-corrected chi connectivity index (χ1v) is 20.8. The van der Waals surface area contributed by atoms with Crippen LogP contribution in [0.3, 0.4) is 0 Å². The zero-order valence-corrected chi connectivity index (χ0v) is 28.9. The molecule has 4 atom stereocenters. The summed E-state index contributed by atoms with van der Waals surface area (Å²) in [5.74, 6) is 0. The van der Waals surface area contributed by atoms with Gasteiger partial charge in [0.05, 0.1) is 30.5 Å². The Bertz CT molecular complexity index is 875. The van der Waals surface area contributed by atoms with Crippen LogP contribution in [-0.4, -0.2) is 53.4 Å². The first-order valence-electron chi connectivity index (χ1n) is 15.0. The summed E-state index contributed by atoms with van der Waals surface area (Å²) in [5.41, 5.74) is 0.766. The third-order valence-electron chi connectivity index (χ3n) is 9.34. The van der Waals surface area contributed by atoms with Gasteiger partial charge in [-0.25, -0.2) is 0 Å². The SMILES string of the molecule is CC(C)(C)[Si](C)(C)O[C@@H]1CC[C@](C)(O[Si](C)(C)C(C)(C)C)[C@@H](CCCOCc2ccccc2)O[C@H]1CCC=O. The second-order valence-electron chi connectivity index (χ2n) is 14.7. The van der Waals surface area contributed by atoms with Crippen LogP contribution in [0.4, 0.5) is 0 Å². The summed E-state index contributed by atoms with van der Waals surface area (Å²) in [6, 6.07) is 10.3. The van der Waals surface area contributed by atoms with Gasteiger partial charge in [0.2, 0.25) is 0 Å². The normalized spacial score (nSPS) is 25.4. The molecule has 0 aliphatic carbocycles. The zero-order valence-electron chi connectivity index (χ0n) is 26.9. The smallest absolute Gasteiger partial charge is 0.192 e. The monoisotopic (exact) mass is 578 g/mol. The molecule has 1 aromatic rings. The van der Waals surface area contributed by atoms with Gasteiger partial charge in [-0.3, -0.25) is 0 Å². The van der Waals surface area contributed by atoms with Gasteiger partial charge in [0, 0.05) is 13.0 Å². The van der Waals surface area contributed by atoms with Crippen LogP contribution in [0.5, 0.6) is 0 Å². The molecule has 1 fully saturated rings. The van der Waals surface area contributed by atoms with Crippen molar-refractivity contribution >= 4 is 22.9 Å². The Labute approximate surface area is 242 Å². The van der Waals surface area contributed by atoms with Crippen molar-refractivity contribution in [1.29, 1.82) is 0 Å². The molecule has 39 heavy (non-hydrogen) atoms. The maximum absolute atomic E-state index is 11.4. The first kappa shape index (κ1) is 34.4. The van der Waals surface area contributed by atoms with Crippen molar-refractivity contribution in [3.8, 4) is 0 Å². The summed E-state index contributed by atoms with van der Waals surface area (Å²) >= 11 is 0. The predicted molar refractivity (Wildman–Crippen MR) is 167 cm³/mol. The Balaban J connectivity index is 2.27. The summed E-state index contributed by atoms with van der Waals surface area (Å²) in [6.45, 7) is 26.5. The minimum absolute atomic E-state index is 0.0347. The van der Waals surface area contributed by atoms with Gasteiger partial charge >= 0.3 is 0 Å². The molecule has 1 aromatic carbocycles. The molecular weight excluding hydrogens is 521 g/mol. The summed E-state index contributed by atoms with van der Waals surface area (Å²) in [4.78, 5) is 11.4. The minimum Gasteiger partial charge on any atom is -0.411 e. The van der Waals surface area contributed by atoms with Crippen molar-refractivity contribution in [2.24, 2.45) is 0 Å². The van der Waals surface area contributed by atoms with Crippen LogP contribution < -0.4 is 0 Å². The lowest BCUT2D eigenvalue weighted by molar-refractivity contribution is -0.130. The molecule has 0 N–H and O–H groups in total. The van der Waals surface area contributed by atoms with Gasteiger partial charge < -0.3 is 23.1 Å². The van der Waals surface area contributed by atoms with E-state index in [1.165, 1.54) is 5.56 Å². The predicted octanol–water partition coefficient (Wildman–Crippen LogP) is 8.68. The van der Waals surface area contributed by atoms with Crippen LogP contribution in [-0.2, 0) is 29.7 Å². The Morgan fingerprint density at radius 3 is 2.15 bits per heavy atom. The Hall–Kier alpha value is -0.836. The fraction of sp³-hybridized carbons (Fsp3) is 0.781. The average molecular weight is 579 g/mol. The maximum Gasteiger partial charge on any atom is 0.192 e. The molecule has 224 valence electrons. The second-order valence-corrected chi connectivity index (χ2v) is 24.2. The molecule has 0 radical (unpaired) electrons. The van der Waals surface area contributed by atoms with E-state index in [2.05, 4.69) is 86.8 Å². The van der Waals surface area contributed by atoms with E-state index in [1.807, 2.05) is 18.2 Å². The van der Waals surface area contributed by atoms with Gasteiger partial charge in [-0.05, 0) is 80.9 Å². The molecule has 0 unspecified atom stereocenters. The number of benzene rings is 1. The third kappa shape index (κ3) is 9.89. The van der Waals surface area contributed by atoms with E-state index >= 15 is 0 Å². The summed E-state index contributed by atoms with van der Waals surface area (Å²) in [6.07, 6.45) is 5.43. The van der Waals surface area contributed by atoms with Gasteiger partial charge in [0.1, 0.15) is 6.29 Å². The van der Waals surface area contributed by atoms with Crippen molar-refractivity contribution in [2.45, 2.75) is 154 Å². The van der Waals surface area contributed by atoms with E-state index in [-0.39, 0.29) is 28.4 Å². The molecule has 0 saturated carbocycles. The number of aldehydes is 1. The van der Waals surface area contributed by atoms with Crippen LogP contribution in [0, 0.1) is 0 Å². The molecule has 0 amide bonds. The molecule has 1 aliphatic rings. The highest BCUT2D eigenvalue weighted by atomic mass is 28.4. The van der Waals surface area contributed by atoms with Gasteiger partial charge in [-0.2, -0.15) is 0 Å². The van der Waals surface area contributed by atoms with Gasteiger partial charge in [-0.1, -0.05) is 71.9 Å². The Kier molecular flexibility index (Phi) is 12.2. The number of hydrogen-bond acceptors (Lipinski definition) is 5. The summed E-state index contributed by atoms with van der Waals surface area (Å²) < 4.78 is 27.2. The van der Waals surface area contributed by atoms with E-state index < -0.39 is 22.2 Å². The lowest BCUT2D eigenvalue weighted by Crippen LogP contribution is -2.54. The molecule has 1 heterocycles. The molecule has 0 aromatic heterocycles. The summed E-state index contributed by atoms with van der Waals surface area (Å²) in [7, 11) is -4.10. The highest BCUT2D eigenvalue weighted by Gasteiger charge is 2.50. The Morgan fingerprint density at radius 2 is 1.59 bits per heavy atom. The first-order chi connectivity index (χ1) is 17.9. The molecule has 0 spiro atoms. The van der Waals surface area contributed by atoms with Crippen molar-refractivity contribution in [2.75, 3.05) is 6.61 Å². The van der Waals surface area contributed by atoms with Gasteiger partial charge in [0.15, 0.2) is 16.6 Å². The lowest BCUT2D eigenvalue weighted by Gasteiger charge is -2.47. The quantitative estimate of drug-likeness (QED) is 0.133. The molecule has 2 rings (SSSR count). The van der Waals surface area contributed by atoms with Crippen LogP contribution in [0.2, 0.25) is 36.3 Å². The van der Waals surface area contributed by atoms with E-state index in [0.717, 1.165) is 32.0 Å². The largest absolute Gasteiger partial charge is 0.411 e. The minimum atomic E-state index is -2.07. The zero-order chi connectivity index (χ0) is 29.5. The fourth-order valence-electron chi connectivity index (χ4n) is 4.76. The van der Waals surface area contributed by atoms with Crippen molar-refractivity contribution < 1.29 is 23.1 Å². The summed E-state index contributed by atoms with van der Waals surface area (Å²) in [5, 5.41) is 0.199. The van der Waals surface area contributed by atoms with Crippen LogP contribution in [0.1, 0.15) is 92.6 Å².